The molecule has 2 N–H and O–H groups in total. The minimum Gasteiger partial charge on any atom is -0.496 e. The zero-order valence-electron chi connectivity index (χ0n) is 12.8. The van der Waals surface area contributed by atoms with E-state index in [1.165, 1.54) is 24.0 Å². The van der Waals surface area contributed by atoms with Gasteiger partial charge in [0.1, 0.15) is 5.75 Å². The summed E-state index contributed by atoms with van der Waals surface area (Å²) < 4.78 is 5.41. The number of aryl methyl sites for hydroxylation is 1. The molecule has 1 aromatic carbocycles. The normalized spacial score (nSPS) is 23.2. The molecule has 1 fully saturated rings. The quantitative estimate of drug-likeness (QED) is 0.929. The van der Waals surface area contributed by atoms with Crippen molar-refractivity contribution in [1.29, 1.82) is 0 Å². The number of hydrogen-bond donors (Lipinski definition) is 1. The van der Waals surface area contributed by atoms with Gasteiger partial charge in [-0.25, -0.2) is 0 Å². The van der Waals surface area contributed by atoms with Gasteiger partial charge >= 0.3 is 0 Å². The fraction of sp³-hybridized carbons (Fsp3) is 0.625. The Kier molecular flexibility index (Phi) is 6.80. The molecule has 1 aliphatic rings. The third-order valence-electron chi connectivity index (χ3n) is 4.33. The molecule has 4 heteroatoms. The number of methoxy groups -OCH3 is 1. The molecule has 1 saturated heterocycles. The Morgan fingerprint density at radius 1 is 1.40 bits per heavy atom. The van der Waals surface area contributed by atoms with E-state index in [0.717, 1.165) is 25.4 Å². The number of halogens is 1. The molecule has 0 spiro atoms. The second kappa shape index (κ2) is 7.87. The summed E-state index contributed by atoms with van der Waals surface area (Å²) in [7, 11) is 1.73. The van der Waals surface area contributed by atoms with Gasteiger partial charge in [0, 0.05) is 19.1 Å². The van der Waals surface area contributed by atoms with Crippen LogP contribution in [-0.2, 0) is 6.54 Å². The zero-order valence-corrected chi connectivity index (χ0v) is 13.6. The molecule has 0 amide bonds. The van der Waals surface area contributed by atoms with E-state index >= 15 is 0 Å². The summed E-state index contributed by atoms with van der Waals surface area (Å²) >= 11 is 0. The fourth-order valence-electron chi connectivity index (χ4n) is 3.11. The maximum atomic E-state index is 5.95. The summed E-state index contributed by atoms with van der Waals surface area (Å²) in [6, 6.07) is 7.01. The van der Waals surface area contributed by atoms with Crippen molar-refractivity contribution in [2.75, 3.05) is 20.2 Å². The van der Waals surface area contributed by atoms with E-state index < -0.39 is 0 Å². The van der Waals surface area contributed by atoms with E-state index in [4.69, 9.17) is 10.5 Å². The molecule has 114 valence electrons. The van der Waals surface area contributed by atoms with Crippen LogP contribution in [0.5, 0.6) is 5.75 Å². The minimum absolute atomic E-state index is 0. The zero-order chi connectivity index (χ0) is 13.8. The first-order valence-corrected chi connectivity index (χ1v) is 7.23. The van der Waals surface area contributed by atoms with Crippen LogP contribution in [0, 0.1) is 12.8 Å². The third-order valence-corrected chi connectivity index (χ3v) is 4.33. The first kappa shape index (κ1) is 17.3. The Morgan fingerprint density at radius 3 is 2.80 bits per heavy atom. The largest absolute Gasteiger partial charge is 0.496 e. The topological polar surface area (TPSA) is 38.5 Å². The summed E-state index contributed by atoms with van der Waals surface area (Å²) in [6.45, 7) is 7.28. The Bertz CT molecular complexity index is 425. The summed E-state index contributed by atoms with van der Waals surface area (Å²) in [5, 5.41) is 0. The molecule has 0 aliphatic carbocycles. The molecule has 0 saturated carbocycles. The number of piperidine rings is 1. The van der Waals surface area contributed by atoms with E-state index in [0.29, 0.717) is 12.0 Å². The summed E-state index contributed by atoms with van der Waals surface area (Å²) in [5.74, 6) is 1.68. The molecule has 0 aromatic heterocycles. The molecule has 1 heterocycles. The maximum absolute atomic E-state index is 5.95. The number of ether oxygens (including phenoxy) is 1. The first-order valence-electron chi connectivity index (χ1n) is 7.23. The van der Waals surface area contributed by atoms with Gasteiger partial charge in [0.2, 0.25) is 0 Å². The minimum atomic E-state index is 0. The lowest BCUT2D eigenvalue weighted by Crippen LogP contribution is -2.47. The molecule has 1 aromatic rings. The van der Waals surface area contributed by atoms with Gasteiger partial charge in [0.15, 0.2) is 0 Å². The Labute approximate surface area is 128 Å². The molecule has 2 rings (SSSR count). The second-order valence-electron chi connectivity index (χ2n) is 5.70. The van der Waals surface area contributed by atoms with Gasteiger partial charge in [0.05, 0.1) is 7.11 Å². The number of nitrogens with zero attached hydrogens (tertiary/aromatic N) is 1. The Hall–Kier alpha value is -0.770. The summed E-state index contributed by atoms with van der Waals surface area (Å²) in [5.41, 5.74) is 8.45. The van der Waals surface area contributed by atoms with Crippen LogP contribution in [0.1, 0.15) is 30.9 Å². The molecule has 0 radical (unpaired) electrons. The van der Waals surface area contributed by atoms with Gasteiger partial charge < -0.3 is 10.5 Å². The lowest BCUT2D eigenvalue weighted by atomic mass is 9.90. The second-order valence-corrected chi connectivity index (χ2v) is 5.70. The summed E-state index contributed by atoms with van der Waals surface area (Å²) in [6.07, 6.45) is 2.58. The van der Waals surface area contributed by atoms with Crippen molar-refractivity contribution in [3.63, 3.8) is 0 Å². The van der Waals surface area contributed by atoms with E-state index in [1.54, 1.807) is 7.11 Å². The summed E-state index contributed by atoms with van der Waals surface area (Å²) in [4.78, 5) is 2.53. The predicted molar refractivity (Wildman–Crippen MR) is 86.6 cm³/mol. The van der Waals surface area contributed by atoms with Gasteiger partial charge in [-0.2, -0.15) is 0 Å². The number of benzene rings is 1. The van der Waals surface area contributed by atoms with Crippen molar-refractivity contribution in [3.05, 3.63) is 29.3 Å². The molecule has 3 nitrogen and oxygen atoms in total. The molecule has 20 heavy (non-hydrogen) atoms. The van der Waals surface area contributed by atoms with E-state index in [2.05, 4.69) is 36.9 Å². The van der Waals surface area contributed by atoms with Crippen molar-refractivity contribution < 1.29 is 4.74 Å². The monoisotopic (exact) mass is 298 g/mol. The maximum Gasteiger partial charge on any atom is 0.122 e. The molecular formula is C16H27ClN2O. The lowest BCUT2D eigenvalue weighted by molar-refractivity contribution is 0.0990. The van der Waals surface area contributed by atoms with E-state index in [1.807, 2.05) is 0 Å². The van der Waals surface area contributed by atoms with Crippen LogP contribution in [0.25, 0.3) is 0 Å². The molecule has 0 bridgehead atoms. The van der Waals surface area contributed by atoms with E-state index in [-0.39, 0.29) is 12.4 Å². The number of hydrogen-bond acceptors (Lipinski definition) is 3. The number of likely N-dealkylation sites (tertiary alicyclic amines) is 1. The van der Waals surface area contributed by atoms with Gasteiger partial charge in [-0.1, -0.05) is 19.1 Å². The van der Waals surface area contributed by atoms with Crippen molar-refractivity contribution >= 4 is 12.4 Å². The number of nitrogens with two attached hydrogens (primary N) is 1. The van der Waals surface area contributed by atoms with Crippen LogP contribution in [0.3, 0.4) is 0 Å². The van der Waals surface area contributed by atoms with Crippen LogP contribution in [0.2, 0.25) is 0 Å². The highest BCUT2D eigenvalue weighted by atomic mass is 35.5. The standard InChI is InChI=1S/C16H26N2O.ClH/c1-12-5-4-8-18(15(12)10-17)11-14-7-6-13(2)16(9-14)19-3;/h6-7,9,12,15H,4-5,8,10-11,17H2,1-3H3;1H. The fourth-order valence-corrected chi connectivity index (χ4v) is 3.11. The van der Waals surface area contributed by atoms with Crippen molar-refractivity contribution in [1.82, 2.24) is 4.90 Å². The molecular weight excluding hydrogens is 272 g/mol. The highest BCUT2D eigenvalue weighted by molar-refractivity contribution is 5.85. The van der Waals surface area contributed by atoms with Gasteiger partial charge in [-0.15, -0.1) is 12.4 Å². The highest BCUT2D eigenvalue weighted by Gasteiger charge is 2.27. The highest BCUT2D eigenvalue weighted by Crippen LogP contribution is 2.26. The lowest BCUT2D eigenvalue weighted by Gasteiger charge is -2.39. The van der Waals surface area contributed by atoms with Crippen molar-refractivity contribution in [2.45, 2.75) is 39.3 Å². The van der Waals surface area contributed by atoms with Crippen LogP contribution in [0.15, 0.2) is 18.2 Å². The van der Waals surface area contributed by atoms with E-state index in [9.17, 15) is 0 Å². The predicted octanol–water partition coefficient (Wildman–Crippen LogP) is 2.98. The Morgan fingerprint density at radius 2 is 2.15 bits per heavy atom. The van der Waals surface area contributed by atoms with Gasteiger partial charge in [-0.05, 0) is 49.4 Å². The third kappa shape index (κ3) is 3.87. The van der Waals surface area contributed by atoms with Crippen molar-refractivity contribution in [2.24, 2.45) is 11.7 Å². The van der Waals surface area contributed by atoms with Crippen molar-refractivity contribution in [3.8, 4) is 5.75 Å². The Balaban J connectivity index is 0.00000200. The van der Waals surface area contributed by atoms with Gasteiger partial charge in [0.25, 0.3) is 0 Å². The van der Waals surface area contributed by atoms with Crippen LogP contribution < -0.4 is 10.5 Å². The SMILES string of the molecule is COc1cc(CN2CCCC(C)C2CN)ccc1C.Cl. The van der Waals surface area contributed by atoms with Crippen LogP contribution in [-0.4, -0.2) is 31.1 Å². The van der Waals surface area contributed by atoms with Crippen LogP contribution in [0.4, 0.5) is 0 Å². The van der Waals surface area contributed by atoms with Gasteiger partial charge in [-0.3, -0.25) is 4.90 Å². The average Bonchev–Trinajstić information content (AvgIpc) is 2.41. The molecule has 1 aliphatic heterocycles. The van der Waals surface area contributed by atoms with Crippen LogP contribution >= 0.6 is 12.4 Å². The first-order chi connectivity index (χ1) is 9.15. The smallest absolute Gasteiger partial charge is 0.122 e. The average molecular weight is 299 g/mol. The number of rotatable bonds is 4. The molecule has 2 atom stereocenters. The molecule has 2 unspecified atom stereocenters.